The molecule has 0 aromatic carbocycles. The monoisotopic (exact) mass is 262 g/mol. The molecule has 4 heteroatoms. The van der Waals surface area contributed by atoms with Crippen LogP contribution in [-0.4, -0.2) is 22.6 Å². The van der Waals surface area contributed by atoms with E-state index in [1.54, 1.807) is 6.20 Å². The largest absolute Gasteiger partial charge is 0.369 e. The average Bonchev–Trinajstić information content (AvgIpc) is 2.46. The highest BCUT2D eigenvalue weighted by Gasteiger charge is 2.20. The van der Waals surface area contributed by atoms with E-state index in [-0.39, 0.29) is 0 Å². The van der Waals surface area contributed by atoms with Gasteiger partial charge in [-0.15, -0.1) is 0 Å². The van der Waals surface area contributed by atoms with Crippen LogP contribution in [0.15, 0.2) is 12.4 Å². The minimum atomic E-state index is 0.482. The number of hydrogen-bond acceptors (Lipinski definition) is 4. The van der Waals surface area contributed by atoms with Crippen molar-refractivity contribution in [1.29, 1.82) is 0 Å². The molecule has 1 aromatic rings. The molecule has 0 amide bonds. The fraction of sp³-hybridized carbons (Fsp3) is 0.733. The second kappa shape index (κ2) is 7.31. The smallest absolute Gasteiger partial charge is 0.147 e. The molecule has 1 heterocycles. The Balaban J connectivity index is 1.90. The van der Waals surface area contributed by atoms with Crippen LogP contribution in [0.3, 0.4) is 0 Å². The van der Waals surface area contributed by atoms with Crippen LogP contribution in [0, 0.1) is 5.92 Å². The topological polar surface area (TPSA) is 49.8 Å². The molecule has 1 unspecified atom stereocenters. The standard InChI is InChI=1S/C15H26N4/c1-3-9-17-14-10-16-11-15(19-14)18-12(2)13-7-5-4-6-8-13/h10-13H,3-9H2,1-2H3,(H2,17,18,19). The van der Waals surface area contributed by atoms with Crippen molar-refractivity contribution in [2.75, 3.05) is 17.2 Å². The Hall–Kier alpha value is -1.32. The maximum Gasteiger partial charge on any atom is 0.147 e. The van der Waals surface area contributed by atoms with Gasteiger partial charge in [0.1, 0.15) is 11.6 Å². The first-order chi connectivity index (χ1) is 9.29. The van der Waals surface area contributed by atoms with E-state index in [1.165, 1.54) is 32.1 Å². The Morgan fingerprint density at radius 1 is 1.21 bits per heavy atom. The molecular formula is C15H26N4. The van der Waals surface area contributed by atoms with Gasteiger partial charge in [0.05, 0.1) is 12.4 Å². The number of aromatic nitrogens is 2. The van der Waals surface area contributed by atoms with E-state index in [4.69, 9.17) is 0 Å². The lowest BCUT2D eigenvalue weighted by Crippen LogP contribution is -2.28. The Labute approximate surface area is 116 Å². The van der Waals surface area contributed by atoms with Gasteiger partial charge in [-0.05, 0) is 32.1 Å². The van der Waals surface area contributed by atoms with Gasteiger partial charge in [0.25, 0.3) is 0 Å². The molecule has 4 nitrogen and oxygen atoms in total. The summed E-state index contributed by atoms with van der Waals surface area (Å²) in [4.78, 5) is 8.81. The quantitative estimate of drug-likeness (QED) is 0.821. The molecule has 0 aliphatic heterocycles. The molecule has 1 aliphatic carbocycles. The summed E-state index contributed by atoms with van der Waals surface area (Å²) >= 11 is 0. The zero-order chi connectivity index (χ0) is 13.5. The maximum absolute atomic E-state index is 4.56. The van der Waals surface area contributed by atoms with Crippen molar-refractivity contribution < 1.29 is 0 Å². The minimum absolute atomic E-state index is 0.482. The van der Waals surface area contributed by atoms with Crippen molar-refractivity contribution in [1.82, 2.24) is 9.97 Å². The predicted molar refractivity (Wildman–Crippen MR) is 80.5 cm³/mol. The average molecular weight is 262 g/mol. The molecule has 1 aromatic heterocycles. The van der Waals surface area contributed by atoms with Crippen LogP contribution >= 0.6 is 0 Å². The van der Waals surface area contributed by atoms with E-state index < -0.39 is 0 Å². The first-order valence-corrected chi connectivity index (χ1v) is 7.62. The van der Waals surface area contributed by atoms with Gasteiger partial charge in [-0.25, -0.2) is 4.98 Å². The SMILES string of the molecule is CCCNc1cncc(NC(C)C2CCCCC2)n1. The van der Waals surface area contributed by atoms with E-state index in [1.807, 2.05) is 6.20 Å². The van der Waals surface area contributed by atoms with Crippen LogP contribution in [0.4, 0.5) is 11.6 Å². The van der Waals surface area contributed by atoms with Gasteiger partial charge in [-0.3, -0.25) is 4.98 Å². The third kappa shape index (κ3) is 4.37. The normalized spacial score (nSPS) is 18.0. The molecule has 1 fully saturated rings. The van der Waals surface area contributed by atoms with Crippen LogP contribution in [0.1, 0.15) is 52.4 Å². The Morgan fingerprint density at radius 3 is 2.68 bits per heavy atom. The van der Waals surface area contributed by atoms with E-state index in [0.717, 1.165) is 30.5 Å². The lowest BCUT2D eigenvalue weighted by atomic mass is 9.84. The highest BCUT2D eigenvalue weighted by molar-refractivity contribution is 5.42. The number of nitrogens with zero attached hydrogens (tertiary/aromatic N) is 2. The number of hydrogen-bond donors (Lipinski definition) is 2. The van der Waals surface area contributed by atoms with Crippen LogP contribution in [0.2, 0.25) is 0 Å². The van der Waals surface area contributed by atoms with Crippen molar-refractivity contribution in [3.05, 3.63) is 12.4 Å². The third-order valence-electron chi connectivity index (χ3n) is 3.92. The first kappa shape index (κ1) is 14.1. The minimum Gasteiger partial charge on any atom is -0.369 e. The molecule has 2 N–H and O–H groups in total. The highest BCUT2D eigenvalue weighted by Crippen LogP contribution is 2.27. The summed E-state index contributed by atoms with van der Waals surface area (Å²) < 4.78 is 0. The fourth-order valence-electron chi connectivity index (χ4n) is 2.76. The maximum atomic E-state index is 4.56. The van der Waals surface area contributed by atoms with Crippen molar-refractivity contribution in [3.63, 3.8) is 0 Å². The van der Waals surface area contributed by atoms with E-state index in [2.05, 4.69) is 34.4 Å². The van der Waals surface area contributed by atoms with E-state index in [9.17, 15) is 0 Å². The van der Waals surface area contributed by atoms with E-state index in [0.29, 0.717) is 6.04 Å². The molecule has 0 radical (unpaired) electrons. The van der Waals surface area contributed by atoms with Gasteiger partial charge in [0, 0.05) is 12.6 Å². The summed E-state index contributed by atoms with van der Waals surface area (Å²) in [6, 6.07) is 0.482. The van der Waals surface area contributed by atoms with Crippen molar-refractivity contribution in [3.8, 4) is 0 Å². The molecule has 1 atom stereocenters. The lowest BCUT2D eigenvalue weighted by molar-refractivity contribution is 0.328. The third-order valence-corrected chi connectivity index (χ3v) is 3.92. The molecular weight excluding hydrogens is 236 g/mol. The summed E-state index contributed by atoms with van der Waals surface area (Å²) in [5.74, 6) is 2.53. The summed E-state index contributed by atoms with van der Waals surface area (Å²) in [6.45, 7) is 5.35. The summed E-state index contributed by atoms with van der Waals surface area (Å²) in [5, 5.41) is 6.79. The Kier molecular flexibility index (Phi) is 5.43. The first-order valence-electron chi connectivity index (χ1n) is 7.62. The highest BCUT2D eigenvalue weighted by atomic mass is 15.1. The molecule has 2 rings (SSSR count). The summed E-state index contributed by atoms with van der Waals surface area (Å²) in [7, 11) is 0. The van der Waals surface area contributed by atoms with Crippen LogP contribution in [-0.2, 0) is 0 Å². The van der Waals surface area contributed by atoms with Crippen LogP contribution in [0.5, 0.6) is 0 Å². The zero-order valence-electron chi connectivity index (χ0n) is 12.2. The van der Waals surface area contributed by atoms with Gasteiger partial charge in [-0.2, -0.15) is 0 Å². The van der Waals surface area contributed by atoms with Gasteiger partial charge in [0.15, 0.2) is 0 Å². The van der Waals surface area contributed by atoms with E-state index >= 15 is 0 Å². The van der Waals surface area contributed by atoms with Crippen molar-refractivity contribution in [2.24, 2.45) is 5.92 Å². The van der Waals surface area contributed by atoms with Crippen LogP contribution < -0.4 is 10.6 Å². The zero-order valence-corrected chi connectivity index (χ0v) is 12.2. The molecule has 1 saturated carbocycles. The molecule has 1 aliphatic rings. The van der Waals surface area contributed by atoms with Gasteiger partial charge < -0.3 is 10.6 Å². The second-order valence-corrected chi connectivity index (χ2v) is 5.55. The predicted octanol–water partition coefficient (Wildman–Crippen LogP) is 3.68. The lowest BCUT2D eigenvalue weighted by Gasteiger charge is -2.28. The van der Waals surface area contributed by atoms with Crippen molar-refractivity contribution in [2.45, 2.75) is 58.4 Å². The summed E-state index contributed by atoms with van der Waals surface area (Å²) in [6.07, 6.45) is 11.5. The number of nitrogens with one attached hydrogen (secondary N) is 2. The van der Waals surface area contributed by atoms with Crippen molar-refractivity contribution >= 4 is 11.6 Å². The molecule has 0 bridgehead atoms. The molecule has 19 heavy (non-hydrogen) atoms. The van der Waals surface area contributed by atoms with Crippen LogP contribution in [0.25, 0.3) is 0 Å². The summed E-state index contributed by atoms with van der Waals surface area (Å²) in [5.41, 5.74) is 0. The fourth-order valence-corrected chi connectivity index (χ4v) is 2.76. The number of anilines is 2. The second-order valence-electron chi connectivity index (χ2n) is 5.55. The molecule has 0 spiro atoms. The van der Waals surface area contributed by atoms with Gasteiger partial charge in [-0.1, -0.05) is 26.2 Å². The molecule has 0 saturated heterocycles. The number of rotatable bonds is 6. The molecule has 106 valence electrons. The Morgan fingerprint density at radius 2 is 1.95 bits per heavy atom. The van der Waals surface area contributed by atoms with Gasteiger partial charge >= 0.3 is 0 Å². The Bertz CT molecular complexity index is 374. The van der Waals surface area contributed by atoms with Gasteiger partial charge in [0.2, 0.25) is 0 Å².